The maximum absolute atomic E-state index is 11.9. The van der Waals surface area contributed by atoms with Gasteiger partial charge in [0.05, 0.1) is 18.9 Å². The zero-order chi connectivity index (χ0) is 14.1. The molecule has 1 aliphatic heterocycles. The molecule has 5 nitrogen and oxygen atoms in total. The Balaban J connectivity index is 2.13. The van der Waals surface area contributed by atoms with Gasteiger partial charge in [0, 0.05) is 11.2 Å². The number of hydrogen-bond acceptors (Lipinski definition) is 4. The lowest BCUT2D eigenvalue weighted by Gasteiger charge is -2.41. The van der Waals surface area contributed by atoms with E-state index in [1.165, 1.54) is 0 Å². The van der Waals surface area contributed by atoms with Crippen molar-refractivity contribution < 1.29 is 14.3 Å². The molecular weight excluding hydrogens is 268 g/mol. The Hall–Kier alpha value is -1.33. The van der Waals surface area contributed by atoms with Crippen LogP contribution in [-0.4, -0.2) is 29.9 Å². The standard InChI is InChI=1S/C13H17ClN2O3/c1-12(2,3)19-11(17)16-13(7-18-8-13)10-6-9(14)4-5-15-10/h4-6H,7-8H2,1-3H3,(H,16,17). The third-order valence-electron chi connectivity index (χ3n) is 2.65. The van der Waals surface area contributed by atoms with Gasteiger partial charge in [-0.2, -0.15) is 0 Å². The monoisotopic (exact) mass is 284 g/mol. The summed E-state index contributed by atoms with van der Waals surface area (Å²) in [5.74, 6) is 0. The summed E-state index contributed by atoms with van der Waals surface area (Å²) >= 11 is 5.95. The summed E-state index contributed by atoms with van der Waals surface area (Å²) in [7, 11) is 0. The van der Waals surface area contributed by atoms with E-state index in [2.05, 4.69) is 10.3 Å². The Morgan fingerprint density at radius 1 is 1.53 bits per heavy atom. The molecule has 1 amide bonds. The second-order valence-electron chi connectivity index (χ2n) is 5.56. The van der Waals surface area contributed by atoms with Crippen LogP contribution >= 0.6 is 11.6 Å². The number of pyridine rings is 1. The maximum Gasteiger partial charge on any atom is 0.408 e. The molecule has 2 heterocycles. The first kappa shape index (κ1) is 14.1. The Kier molecular flexibility index (Phi) is 3.69. The second-order valence-corrected chi connectivity index (χ2v) is 6.00. The van der Waals surface area contributed by atoms with Crippen molar-refractivity contribution in [1.29, 1.82) is 0 Å². The van der Waals surface area contributed by atoms with Crippen LogP contribution in [0.15, 0.2) is 18.3 Å². The topological polar surface area (TPSA) is 60.5 Å². The predicted molar refractivity (Wildman–Crippen MR) is 71.1 cm³/mol. The molecular formula is C13H17ClN2O3. The first-order chi connectivity index (χ1) is 8.81. The predicted octanol–water partition coefficient (Wildman–Crippen LogP) is 2.49. The normalized spacial score (nSPS) is 17.5. The van der Waals surface area contributed by atoms with E-state index in [0.29, 0.717) is 23.9 Å². The number of amides is 1. The minimum Gasteiger partial charge on any atom is -0.444 e. The summed E-state index contributed by atoms with van der Waals surface area (Å²) in [5, 5.41) is 3.39. The molecule has 1 N–H and O–H groups in total. The number of aromatic nitrogens is 1. The van der Waals surface area contributed by atoms with Gasteiger partial charge in [-0.05, 0) is 32.9 Å². The van der Waals surface area contributed by atoms with E-state index in [1.54, 1.807) is 18.3 Å². The fourth-order valence-corrected chi connectivity index (χ4v) is 1.92. The molecule has 0 aliphatic carbocycles. The molecule has 0 aromatic carbocycles. The lowest BCUT2D eigenvalue weighted by Crippen LogP contribution is -2.60. The summed E-state index contributed by atoms with van der Waals surface area (Å²) in [4.78, 5) is 16.1. The SMILES string of the molecule is CC(C)(C)OC(=O)NC1(c2cc(Cl)ccn2)COC1. The van der Waals surface area contributed by atoms with Crippen molar-refractivity contribution in [2.45, 2.75) is 31.9 Å². The largest absolute Gasteiger partial charge is 0.444 e. The molecule has 0 spiro atoms. The molecule has 0 radical (unpaired) electrons. The first-order valence-corrected chi connectivity index (χ1v) is 6.39. The van der Waals surface area contributed by atoms with Crippen LogP contribution in [0.3, 0.4) is 0 Å². The van der Waals surface area contributed by atoms with Crippen molar-refractivity contribution in [3.05, 3.63) is 29.0 Å². The number of rotatable bonds is 2. The third kappa shape index (κ3) is 3.36. The van der Waals surface area contributed by atoms with Gasteiger partial charge >= 0.3 is 6.09 Å². The van der Waals surface area contributed by atoms with Crippen molar-refractivity contribution in [2.75, 3.05) is 13.2 Å². The van der Waals surface area contributed by atoms with E-state index in [1.807, 2.05) is 20.8 Å². The highest BCUT2D eigenvalue weighted by Gasteiger charge is 2.44. The molecule has 0 bridgehead atoms. The zero-order valence-electron chi connectivity index (χ0n) is 11.2. The number of carbonyl (C=O) groups excluding carboxylic acids is 1. The maximum atomic E-state index is 11.9. The second kappa shape index (κ2) is 4.98. The molecule has 1 saturated heterocycles. The lowest BCUT2D eigenvalue weighted by molar-refractivity contribution is -0.0817. The number of ether oxygens (including phenoxy) is 2. The molecule has 1 fully saturated rings. The smallest absolute Gasteiger partial charge is 0.408 e. The van der Waals surface area contributed by atoms with E-state index in [0.717, 1.165) is 0 Å². The number of carbonyl (C=O) groups is 1. The third-order valence-corrected chi connectivity index (χ3v) is 2.88. The number of nitrogens with one attached hydrogen (secondary N) is 1. The minimum atomic E-state index is -0.646. The highest BCUT2D eigenvalue weighted by Crippen LogP contribution is 2.29. The number of halogens is 1. The number of alkyl carbamates (subject to hydrolysis) is 1. The van der Waals surface area contributed by atoms with Gasteiger partial charge in [0.25, 0.3) is 0 Å². The van der Waals surface area contributed by atoms with Crippen LogP contribution in [0, 0.1) is 0 Å². The molecule has 19 heavy (non-hydrogen) atoms. The molecule has 1 aromatic rings. The fraction of sp³-hybridized carbons (Fsp3) is 0.538. The van der Waals surface area contributed by atoms with Crippen LogP contribution in [0.25, 0.3) is 0 Å². The summed E-state index contributed by atoms with van der Waals surface area (Å²) < 4.78 is 10.5. The Bertz CT molecular complexity index is 481. The number of nitrogens with zero attached hydrogens (tertiary/aromatic N) is 1. The van der Waals surface area contributed by atoms with E-state index in [-0.39, 0.29) is 0 Å². The highest BCUT2D eigenvalue weighted by atomic mass is 35.5. The highest BCUT2D eigenvalue weighted by molar-refractivity contribution is 6.30. The van der Waals surface area contributed by atoms with Crippen LogP contribution in [0.5, 0.6) is 0 Å². The van der Waals surface area contributed by atoms with Crippen molar-refractivity contribution in [3.63, 3.8) is 0 Å². The van der Waals surface area contributed by atoms with Gasteiger partial charge in [0.15, 0.2) is 0 Å². The lowest BCUT2D eigenvalue weighted by atomic mass is 9.92. The summed E-state index contributed by atoms with van der Waals surface area (Å²) in [5.41, 5.74) is -0.512. The first-order valence-electron chi connectivity index (χ1n) is 6.02. The van der Waals surface area contributed by atoms with Gasteiger partial charge in [-0.1, -0.05) is 11.6 Å². The summed E-state index contributed by atoms with van der Waals surface area (Å²) in [6.07, 6.45) is 1.12. The van der Waals surface area contributed by atoms with Crippen LogP contribution in [0.2, 0.25) is 5.02 Å². The van der Waals surface area contributed by atoms with Crippen LogP contribution in [0.1, 0.15) is 26.5 Å². The van der Waals surface area contributed by atoms with E-state index >= 15 is 0 Å². The van der Waals surface area contributed by atoms with Crippen LogP contribution in [0.4, 0.5) is 4.79 Å². The van der Waals surface area contributed by atoms with Gasteiger partial charge < -0.3 is 14.8 Å². The minimum absolute atomic E-state index is 0.361. The van der Waals surface area contributed by atoms with Crippen molar-refractivity contribution in [2.24, 2.45) is 0 Å². The zero-order valence-corrected chi connectivity index (χ0v) is 12.0. The van der Waals surface area contributed by atoms with Crippen molar-refractivity contribution in [1.82, 2.24) is 10.3 Å². The quantitative estimate of drug-likeness (QED) is 0.906. The molecule has 1 aliphatic rings. The Labute approximate surface area is 117 Å². The molecule has 6 heteroatoms. The average Bonchev–Trinajstić information content (AvgIpc) is 2.21. The molecule has 0 unspecified atom stereocenters. The van der Waals surface area contributed by atoms with E-state index in [9.17, 15) is 4.79 Å². The average molecular weight is 285 g/mol. The van der Waals surface area contributed by atoms with Gasteiger partial charge in [-0.25, -0.2) is 4.79 Å². The molecule has 2 rings (SSSR count). The van der Waals surface area contributed by atoms with Gasteiger partial charge in [-0.15, -0.1) is 0 Å². The van der Waals surface area contributed by atoms with Gasteiger partial charge in [0.1, 0.15) is 11.1 Å². The summed E-state index contributed by atoms with van der Waals surface area (Å²) in [6, 6.07) is 3.41. The fourth-order valence-electron chi connectivity index (χ4n) is 1.76. The van der Waals surface area contributed by atoms with Crippen molar-refractivity contribution in [3.8, 4) is 0 Å². The molecule has 0 atom stereocenters. The van der Waals surface area contributed by atoms with E-state index in [4.69, 9.17) is 21.1 Å². The Morgan fingerprint density at radius 2 is 2.21 bits per heavy atom. The van der Waals surface area contributed by atoms with E-state index < -0.39 is 17.2 Å². The van der Waals surface area contributed by atoms with Gasteiger partial charge in [-0.3, -0.25) is 4.98 Å². The number of hydrogen-bond donors (Lipinski definition) is 1. The Morgan fingerprint density at radius 3 is 2.68 bits per heavy atom. The van der Waals surface area contributed by atoms with Crippen LogP contribution in [-0.2, 0) is 15.0 Å². The van der Waals surface area contributed by atoms with Gasteiger partial charge in [0.2, 0.25) is 0 Å². The molecule has 104 valence electrons. The molecule has 1 aromatic heterocycles. The van der Waals surface area contributed by atoms with Crippen LogP contribution < -0.4 is 5.32 Å². The summed E-state index contributed by atoms with van der Waals surface area (Å²) in [6.45, 7) is 6.16. The van der Waals surface area contributed by atoms with Crippen molar-refractivity contribution >= 4 is 17.7 Å². The molecule has 0 saturated carbocycles.